The monoisotopic (exact) mass is 491 g/mol. The van der Waals surface area contributed by atoms with E-state index in [1.807, 2.05) is 48.7 Å². The molecule has 1 heterocycles. The molecule has 1 aromatic heterocycles. The number of benzene rings is 2. The normalized spacial score (nSPS) is 10.7. The summed E-state index contributed by atoms with van der Waals surface area (Å²) in [7, 11) is 0. The zero-order chi connectivity index (χ0) is 19.2. The molecule has 0 aliphatic heterocycles. The Morgan fingerprint density at radius 1 is 0.963 bits per heavy atom. The first kappa shape index (κ1) is 19.6. The lowest BCUT2D eigenvalue weighted by Crippen LogP contribution is -2.36. The Bertz CT molecular complexity index is 969. The van der Waals surface area contributed by atoms with Crippen molar-refractivity contribution in [3.8, 4) is 0 Å². The average molecular weight is 493 g/mol. The van der Waals surface area contributed by atoms with Crippen LogP contribution in [0.5, 0.6) is 0 Å². The number of hydrogen-bond donors (Lipinski definition) is 3. The summed E-state index contributed by atoms with van der Waals surface area (Å²) >= 11 is 6.84. The highest BCUT2D eigenvalue weighted by atomic mass is 79.9. The van der Waals surface area contributed by atoms with Crippen molar-refractivity contribution in [1.29, 1.82) is 0 Å². The number of nitrogens with one attached hydrogen (secondary N) is 3. The summed E-state index contributed by atoms with van der Waals surface area (Å²) in [6, 6.07) is 13.7. The molecule has 7 heteroatoms. The summed E-state index contributed by atoms with van der Waals surface area (Å²) in [5, 5.41) is 6.58. The third kappa shape index (κ3) is 5.68. The highest BCUT2D eigenvalue weighted by Gasteiger charge is 2.09. The second-order valence-electron chi connectivity index (χ2n) is 6.19. The summed E-state index contributed by atoms with van der Waals surface area (Å²) in [4.78, 5) is 27.1. The van der Waals surface area contributed by atoms with Gasteiger partial charge in [0.25, 0.3) is 0 Å². The molecule has 0 aliphatic carbocycles. The lowest BCUT2D eigenvalue weighted by atomic mass is 10.1. The Balaban J connectivity index is 1.42. The molecule has 140 valence electrons. The predicted octanol–water partition coefficient (Wildman–Crippen LogP) is 4.06. The van der Waals surface area contributed by atoms with Gasteiger partial charge in [-0.05, 0) is 41.8 Å². The Hall–Kier alpha value is -2.12. The minimum atomic E-state index is -0.208. The maximum Gasteiger partial charge on any atom is 0.239 e. The Morgan fingerprint density at radius 2 is 1.78 bits per heavy atom. The standard InChI is InChI=1S/C20H19Br2N3O2/c21-15-3-1-2-13(8-15)10-24-20(27)12-25-19(26)7-4-14-11-23-18-9-16(22)5-6-17(14)18/h1-3,5-6,8-9,11,23H,4,7,10,12H2,(H,24,27)(H,25,26). The van der Waals surface area contributed by atoms with Crippen molar-refractivity contribution in [2.75, 3.05) is 6.54 Å². The molecule has 27 heavy (non-hydrogen) atoms. The number of fused-ring (bicyclic) bond motifs is 1. The van der Waals surface area contributed by atoms with Gasteiger partial charge in [0.15, 0.2) is 0 Å². The quantitative estimate of drug-likeness (QED) is 0.465. The molecule has 0 radical (unpaired) electrons. The van der Waals surface area contributed by atoms with Crippen LogP contribution in [0, 0.1) is 0 Å². The molecule has 5 nitrogen and oxygen atoms in total. The fraction of sp³-hybridized carbons (Fsp3) is 0.200. The van der Waals surface area contributed by atoms with Gasteiger partial charge >= 0.3 is 0 Å². The van der Waals surface area contributed by atoms with E-state index in [-0.39, 0.29) is 18.4 Å². The number of carbonyl (C=O) groups excluding carboxylic acids is 2. The van der Waals surface area contributed by atoms with Crippen molar-refractivity contribution in [1.82, 2.24) is 15.6 Å². The van der Waals surface area contributed by atoms with E-state index in [1.165, 1.54) is 0 Å². The number of H-pyrrole nitrogens is 1. The van der Waals surface area contributed by atoms with Crippen LogP contribution in [-0.4, -0.2) is 23.3 Å². The van der Waals surface area contributed by atoms with Crippen LogP contribution in [0.1, 0.15) is 17.5 Å². The highest BCUT2D eigenvalue weighted by Crippen LogP contribution is 2.23. The summed E-state index contributed by atoms with van der Waals surface area (Å²) in [5.74, 6) is -0.348. The Kier molecular flexibility index (Phi) is 6.68. The van der Waals surface area contributed by atoms with E-state index in [0.717, 1.165) is 31.0 Å². The average Bonchev–Trinajstić information content (AvgIpc) is 3.05. The van der Waals surface area contributed by atoms with Gasteiger partial charge in [-0.15, -0.1) is 0 Å². The second-order valence-corrected chi connectivity index (χ2v) is 8.02. The van der Waals surface area contributed by atoms with E-state index in [0.29, 0.717) is 19.4 Å². The van der Waals surface area contributed by atoms with E-state index in [9.17, 15) is 9.59 Å². The molecule has 0 atom stereocenters. The van der Waals surface area contributed by atoms with Crippen molar-refractivity contribution in [2.45, 2.75) is 19.4 Å². The second kappa shape index (κ2) is 9.19. The van der Waals surface area contributed by atoms with E-state index in [4.69, 9.17) is 0 Å². The Labute approximate surface area is 174 Å². The number of aromatic nitrogens is 1. The van der Waals surface area contributed by atoms with Crippen LogP contribution in [0.15, 0.2) is 57.6 Å². The van der Waals surface area contributed by atoms with Crippen molar-refractivity contribution < 1.29 is 9.59 Å². The van der Waals surface area contributed by atoms with Gasteiger partial charge in [0, 0.05) is 39.0 Å². The van der Waals surface area contributed by atoms with Crippen LogP contribution in [-0.2, 0) is 22.6 Å². The molecule has 0 unspecified atom stereocenters. The molecule has 3 N–H and O–H groups in total. The minimum Gasteiger partial charge on any atom is -0.361 e. The van der Waals surface area contributed by atoms with Gasteiger partial charge in [-0.25, -0.2) is 0 Å². The van der Waals surface area contributed by atoms with Crippen LogP contribution in [0.25, 0.3) is 10.9 Å². The van der Waals surface area contributed by atoms with Gasteiger partial charge in [-0.1, -0.05) is 50.1 Å². The van der Waals surface area contributed by atoms with Gasteiger partial charge in [-0.3, -0.25) is 9.59 Å². The third-order valence-corrected chi connectivity index (χ3v) is 5.16. The van der Waals surface area contributed by atoms with E-state index >= 15 is 0 Å². The fourth-order valence-electron chi connectivity index (χ4n) is 2.79. The third-order valence-electron chi connectivity index (χ3n) is 4.18. The molecule has 2 aromatic carbocycles. The smallest absolute Gasteiger partial charge is 0.239 e. The topological polar surface area (TPSA) is 74.0 Å². The van der Waals surface area contributed by atoms with Crippen LogP contribution in [0.2, 0.25) is 0 Å². The van der Waals surface area contributed by atoms with Gasteiger partial charge in [0.05, 0.1) is 6.54 Å². The molecule has 0 aliphatic rings. The molecular weight excluding hydrogens is 474 g/mol. The summed E-state index contributed by atoms with van der Waals surface area (Å²) in [6.07, 6.45) is 2.88. The number of halogens is 2. The number of hydrogen-bond acceptors (Lipinski definition) is 2. The highest BCUT2D eigenvalue weighted by molar-refractivity contribution is 9.10. The van der Waals surface area contributed by atoms with Gasteiger partial charge in [0.1, 0.15) is 0 Å². The predicted molar refractivity (Wildman–Crippen MR) is 113 cm³/mol. The van der Waals surface area contributed by atoms with Crippen LogP contribution < -0.4 is 10.6 Å². The number of amides is 2. The summed E-state index contributed by atoms with van der Waals surface area (Å²) in [6.45, 7) is 0.409. The van der Waals surface area contributed by atoms with Crippen LogP contribution >= 0.6 is 31.9 Å². The molecule has 3 aromatic rings. The summed E-state index contributed by atoms with van der Waals surface area (Å²) < 4.78 is 1.97. The maximum atomic E-state index is 12.0. The molecule has 3 rings (SSSR count). The lowest BCUT2D eigenvalue weighted by molar-refractivity contribution is -0.126. The molecule has 0 fully saturated rings. The van der Waals surface area contributed by atoms with Gasteiger partial charge < -0.3 is 15.6 Å². The zero-order valence-corrected chi connectivity index (χ0v) is 17.7. The molecule has 0 saturated carbocycles. The first-order chi connectivity index (χ1) is 13.0. The molecular formula is C20H19Br2N3O2. The van der Waals surface area contributed by atoms with Crippen molar-refractivity contribution in [3.05, 3.63) is 68.7 Å². The number of aryl methyl sites for hydroxylation is 1. The fourth-order valence-corrected chi connectivity index (χ4v) is 3.60. The van der Waals surface area contributed by atoms with Gasteiger partial charge in [0.2, 0.25) is 11.8 Å². The number of carbonyl (C=O) groups is 2. The van der Waals surface area contributed by atoms with E-state index in [2.05, 4.69) is 47.5 Å². The lowest BCUT2D eigenvalue weighted by Gasteiger charge is -2.07. The zero-order valence-electron chi connectivity index (χ0n) is 14.5. The Morgan fingerprint density at radius 3 is 2.59 bits per heavy atom. The minimum absolute atomic E-state index is 0.0202. The molecule has 0 saturated heterocycles. The van der Waals surface area contributed by atoms with E-state index in [1.54, 1.807) is 0 Å². The van der Waals surface area contributed by atoms with Gasteiger partial charge in [-0.2, -0.15) is 0 Å². The first-order valence-corrected chi connectivity index (χ1v) is 10.1. The largest absolute Gasteiger partial charge is 0.361 e. The SMILES string of the molecule is O=C(CCc1c[nH]c2cc(Br)ccc12)NCC(=O)NCc1cccc(Br)c1. The van der Waals surface area contributed by atoms with Crippen LogP contribution in [0.4, 0.5) is 0 Å². The molecule has 0 bridgehead atoms. The summed E-state index contributed by atoms with van der Waals surface area (Å²) in [5.41, 5.74) is 3.12. The first-order valence-electron chi connectivity index (χ1n) is 8.54. The maximum absolute atomic E-state index is 12.0. The molecule has 0 spiro atoms. The van der Waals surface area contributed by atoms with Crippen molar-refractivity contribution >= 4 is 54.6 Å². The van der Waals surface area contributed by atoms with Crippen molar-refractivity contribution in [3.63, 3.8) is 0 Å². The molecule has 2 amide bonds. The van der Waals surface area contributed by atoms with E-state index < -0.39 is 0 Å². The number of aromatic amines is 1. The number of rotatable bonds is 7. The van der Waals surface area contributed by atoms with Crippen LogP contribution in [0.3, 0.4) is 0 Å². The van der Waals surface area contributed by atoms with Crippen molar-refractivity contribution in [2.24, 2.45) is 0 Å².